The molecule has 1 aliphatic heterocycles. The van der Waals surface area contributed by atoms with Gasteiger partial charge in [0.25, 0.3) is 0 Å². The van der Waals surface area contributed by atoms with E-state index in [-0.39, 0.29) is 11.9 Å². The van der Waals surface area contributed by atoms with Gasteiger partial charge in [0.05, 0.1) is 4.99 Å². The van der Waals surface area contributed by atoms with Crippen molar-refractivity contribution < 1.29 is 4.79 Å². The Kier molecular flexibility index (Phi) is 6.89. The summed E-state index contributed by atoms with van der Waals surface area (Å²) in [5, 5.41) is 3.03. The standard InChI is InChI=1S/C12H22N2OS2/c1-2-10(8-11(13)16)14-12(15)7-9-3-5-17-6-4-9/h9-10H,2-8H2,1H3,(H2,13,16)(H,14,15). The lowest BCUT2D eigenvalue weighted by Crippen LogP contribution is -2.38. The average Bonchev–Trinajstić information content (AvgIpc) is 2.28. The van der Waals surface area contributed by atoms with Crippen LogP contribution in [0.25, 0.3) is 0 Å². The van der Waals surface area contributed by atoms with E-state index in [1.54, 1.807) is 0 Å². The zero-order chi connectivity index (χ0) is 12.7. The van der Waals surface area contributed by atoms with Crippen molar-refractivity contribution in [1.29, 1.82) is 0 Å². The molecule has 1 aliphatic rings. The first-order valence-corrected chi connectivity index (χ1v) is 7.83. The molecule has 17 heavy (non-hydrogen) atoms. The summed E-state index contributed by atoms with van der Waals surface area (Å²) >= 11 is 6.86. The van der Waals surface area contributed by atoms with Gasteiger partial charge in [-0.2, -0.15) is 11.8 Å². The molecule has 0 aromatic carbocycles. The summed E-state index contributed by atoms with van der Waals surface area (Å²) in [7, 11) is 0. The minimum absolute atomic E-state index is 0.109. The van der Waals surface area contributed by atoms with Crippen LogP contribution in [0.15, 0.2) is 0 Å². The Morgan fingerprint density at radius 1 is 1.53 bits per heavy atom. The first-order valence-electron chi connectivity index (χ1n) is 6.27. The highest BCUT2D eigenvalue weighted by Crippen LogP contribution is 2.25. The van der Waals surface area contributed by atoms with Crippen molar-refractivity contribution >= 4 is 34.9 Å². The van der Waals surface area contributed by atoms with Gasteiger partial charge in [-0.1, -0.05) is 19.1 Å². The number of thiocarbonyl (C=S) groups is 1. The molecule has 3 nitrogen and oxygen atoms in total. The third-order valence-electron chi connectivity index (χ3n) is 3.12. The van der Waals surface area contributed by atoms with Gasteiger partial charge in [-0.3, -0.25) is 4.79 Å². The number of hydrogen-bond donors (Lipinski definition) is 2. The van der Waals surface area contributed by atoms with E-state index in [4.69, 9.17) is 18.0 Å². The van der Waals surface area contributed by atoms with Crippen molar-refractivity contribution in [1.82, 2.24) is 5.32 Å². The second kappa shape index (κ2) is 7.93. The molecule has 1 saturated heterocycles. The summed E-state index contributed by atoms with van der Waals surface area (Å²) in [5.74, 6) is 3.12. The van der Waals surface area contributed by atoms with E-state index in [0.29, 0.717) is 23.7 Å². The van der Waals surface area contributed by atoms with Crippen LogP contribution in [0.3, 0.4) is 0 Å². The Balaban J connectivity index is 2.28. The molecule has 0 aromatic rings. The van der Waals surface area contributed by atoms with Gasteiger partial charge in [-0.25, -0.2) is 0 Å². The molecule has 1 fully saturated rings. The predicted octanol–water partition coefficient (Wildman–Crippen LogP) is 2.09. The maximum absolute atomic E-state index is 11.9. The van der Waals surface area contributed by atoms with Crippen LogP contribution in [0.4, 0.5) is 0 Å². The second-order valence-corrected chi connectivity index (χ2v) is 6.35. The maximum Gasteiger partial charge on any atom is 0.220 e. The molecule has 1 amide bonds. The number of carbonyl (C=O) groups excluding carboxylic acids is 1. The van der Waals surface area contributed by atoms with Crippen LogP contribution in [-0.2, 0) is 4.79 Å². The summed E-state index contributed by atoms with van der Waals surface area (Å²) in [6.07, 6.45) is 4.49. The fourth-order valence-electron chi connectivity index (χ4n) is 2.04. The molecule has 0 radical (unpaired) electrons. The molecule has 1 unspecified atom stereocenters. The van der Waals surface area contributed by atoms with E-state index < -0.39 is 0 Å². The van der Waals surface area contributed by atoms with Gasteiger partial charge in [0, 0.05) is 18.9 Å². The predicted molar refractivity (Wildman–Crippen MR) is 78.3 cm³/mol. The van der Waals surface area contributed by atoms with Gasteiger partial charge in [-0.15, -0.1) is 0 Å². The van der Waals surface area contributed by atoms with Crippen LogP contribution < -0.4 is 11.1 Å². The summed E-state index contributed by atoms with van der Waals surface area (Å²) < 4.78 is 0. The van der Waals surface area contributed by atoms with Crippen LogP contribution in [0.2, 0.25) is 0 Å². The highest BCUT2D eigenvalue weighted by atomic mass is 32.2. The lowest BCUT2D eigenvalue weighted by molar-refractivity contribution is -0.122. The van der Waals surface area contributed by atoms with Crippen molar-refractivity contribution in [3.05, 3.63) is 0 Å². The topological polar surface area (TPSA) is 55.1 Å². The zero-order valence-corrected chi connectivity index (χ0v) is 12.0. The molecular weight excluding hydrogens is 252 g/mol. The summed E-state index contributed by atoms with van der Waals surface area (Å²) in [5.41, 5.74) is 5.51. The molecule has 98 valence electrons. The largest absolute Gasteiger partial charge is 0.393 e. The van der Waals surface area contributed by atoms with Crippen molar-refractivity contribution in [2.75, 3.05) is 11.5 Å². The van der Waals surface area contributed by atoms with Gasteiger partial charge in [0.15, 0.2) is 0 Å². The molecule has 0 aliphatic carbocycles. The summed E-state index contributed by atoms with van der Waals surface area (Å²) in [4.78, 5) is 12.3. The zero-order valence-electron chi connectivity index (χ0n) is 10.4. The number of hydrogen-bond acceptors (Lipinski definition) is 3. The number of amides is 1. The van der Waals surface area contributed by atoms with Gasteiger partial charge >= 0.3 is 0 Å². The Morgan fingerprint density at radius 3 is 2.71 bits per heavy atom. The number of rotatable bonds is 6. The van der Waals surface area contributed by atoms with Gasteiger partial charge in [0.2, 0.25) is 5.91 Å². The average molecular weight is 274 g/mol. The molecular formula is C12H22N2OS2. The molecule has 1 heterocycles. The number of thioether (sulfide) groups is 1. The van der Waals surface area contributed by atoms with Crippen LogP contribution in [0.5, 0.6) is 0 Å². The van der Waals surface area contributed by atoms with Crippen LogP contribution in [-0.4, -0.2) is 28.4 Å². The number of nitrogens with two attached hydrogens (primary N) is 1. The molecule has 1 rings (SSSR count). The summed E-state index contributed by atoms with van der Waals surface area (Å²) in [6, 6.07) is 0.109. The molecule has 0 aromatic heterocycles. The quantitative estimate of drug-likeness (QED) is 0.728. The van der Waals surface area contributed by atoms with Crippen LogP contribution in [0, 0.1) is 5.92 Å². The van der Waals surface area contributed by atoms with Crippen molar-refractivity contribution in [3.8, 4) is 0 Å². The highest BCUT2D eigenvalue weighted by molar-refractivity contribution is 7.99. The van der Waals surface area contributed by atoms with Gasteiger partial charge < -0.3 is 11.1 Å². The minimum atomic E-state index is 0.109. The van der Waals surface area contributed by atoms with E-state index in [9.17, 15) is 4.79 Å². The molecule has 0 spiro atoms. The van der Waals surface area contributed by atoms with Crippen molar-refractivity contribution in [2.45, 2.75) is 45.1 Å². The fourth-order valence-corrected chi connectivity index (χ4v) is 3.44. The molecule has 3 N–H and O–H groups in total. The lowest BCUT2D eigenvalue weighted by Gasteiger charge is -2.22. The Labute approximate surface area is 113 Å². The number of carbonyl (C=O) groups is 1. The Bertz CT molecular complexity index is 265. The van der Waals surface area contributed by atoms with Crippen LogP contribution in [0.1, 0.15) is 39.0 Å². The molecule has 1 atom stereocenters. The highest BCUT2D eigenvalue weighted by Gasteiger charge is 2.19. The van der Waals surface area contributed by atoms with Gasteiger partial charge in [-0.05, 0) is 36.7 Å². The summed E-state index contributed by atoms with van der Waals surface area (Å²) in [6.45, 7) is 2.04. The maximum atomic E-state index is 11.9. The van der Waals surface area contributed by atoms with Crippen molar-refractivity contribution in [2.24, 2.45) is 11.7 Å². The van der Waals surface area contributed by atoms with E-state index in [1.165, 1.54) is 24.3 Å². The smallest absolute Gasteiger partial charge is 0.220 e. The first kappa shape index (κ1) is 14.8. The van der Waals surface area contributed by atoms with E-state index in [1.807, 2.05) is 18.7 Å². The minimum Gasteiger partial charge on any atom is -0.393 e. The molecule has 0 bridgehead atoms. The molecule has 5 heteroatoms. The Morgan fingerprint density at radius 2 is 2.18 bits per heavy atom. The SMILES string of the molecule is CCC(CC(N)=S)NC(=O)CC1CCSCC1. The normalized spacial score (nSPS) is 18.6. The van der Waals surface area contributed by atoms with Gasteiger partial charge in [0.1, 0.15) is 0 Å². The molecule has 0 saturated carbocycles. The third kappa shape index (κ3) is 6.27. The number of nitrogens with one attached hydrogen (secondary N) is 1. The van der Waals surface area contributed by atoms with Crippen LogP contribution >= 0.6 is 24.0 Å². The fraction of sp³-hybridized carbons (Fsp3) is 0.833. The van der Waals surface area contributed by atoms with E-state index in [0.717, 1.165) is 6.42 Å². The lowest BCUT2D eigenvalue weighted by atomic mass is 9.98. The first-order chi connectivity index (χ1) is 8.11. The van der Waals surface area contributed by atoms with E-state index in [2.05, 4.69) is 5.32 Å². The monoisotopic (exact) mass is 274 g/mol. The van der Waals surface area contributed by atoms with E-state index >= 15 is 0 Å². The van der Waals surface area contributed by atoms with Crippen molar-refractivity contribution in [3.63, 3.8) is 0 Å². The third-order valence-corrected chi connectivity index (χ3v) is 4.34. The second-order valence-electron chi connectivity index (χ2n) is 4.60. The Hall–Kier alpha value is -0.290.